The van der Waals surface area contributed by atoms with E-state index in [9.17, 15) is 4.79 Å². The van der Waals surface area contributed by atoms with Gasteiger partial charge in [-0.2, -0.15) is 0 Å². The van der Waals surface area contributed by atoms with Crippen molar-refractivity contribution in [2.24, 2.45) is 0 Å². The van der Waals surface area contributed by atoms with Crippen LogP contribution in [0.15, 0.2) is 36.4 Å². The molecule has 21 heavy (non-hydrogen) atoms. The van der Waals surface area contributed by atoms with Gasteiger partial charge >= 0.3 is 6.03 Å². The number of amides is 2. The zero-order valence-corrected chi connectivity index (χ0v) is 13.2. The summed E-state index contributed by atoms with van der Waals surface area (Å²) < 4.78 is 0. The molecule has 0 heterocycles. The lowest BCUT2D eigenvalue weighted by atomic mass is 9.99. The number of nitrogens with one attached hydrogen (secondary N) is 2. The Morgan fingerprint density at radius 3 is 2.38 bits per heavy atom. The van der Waals surface area contributed by atoms with Crippen molar-refractivity contribution < 1.29 is 4.79 Å². The van der Waals surface area contributed by atoms with Gasteiger partial charge in [0.2, 0.25) is 0 Å². The van der Waals surface area contributed by atoms with Crippen LogP contribution in [0, 0.1) is 0 Å². The van der Waals surface area contributed by atoms with Crippen molar-refractivity contribution in [2.75, 3.05) is 5.32 Å². The van der Waals surface area contributed by atoms with Crippen LogP contribution < -0.4 is 10.6 Å². The lowest BCUT2D eigenvalue weighted by Crippen LogP contribution is -2.35. The predicted molar refractivity (Wildman–Crippen MR) is 89.9 cm³/mol. The van der Waals surface area contributed by atoms with Gasteiger partial charge in [-0.15, -0.1) is 0 Å². The number of fused-ring (bicyclic) bond motifs is 1. The fourth-order valence-corrected chi connectivity index (χ4v) is 2.19. The molecule has 0 saturated heterocycles. The van der Waals surface area contributed by atoms with Gasteiger partial charge in [0.1, 0.15) is 0 Å². The van der Waals surface area contributed by atoms with Crippen molar-refractivity contribution in [3.05, 3.63) is 42.0 Å². The van der Waals surface area contributed by atoms with E-state index in [1.54, 1.807) is 0 Å². The highest BCUT2D eigenvalue weighted by Crippen LogP contribution is 2.24. The van der Waals surface area contributed by atoms with Crippen molar-refractivity contribution in [3.8, 4) is 0 Å². The number of carbonyl (C=O) groups is 1. The van der Waals surface area contributed by atoms with E-state index in [2.05, 4.69) is 48.7 Å². The Balaban J connectivity index is 2.16. The highest BCUT2D eigenvalue weighted by Gasteiger charge is 2.06. The van der Waals surface area contributed by atoms with E-state index in [-0.39, 0.29) is 12.1 Å². The lowest BCUT2D eigenvalue weighted by molar-refractivity contribution is 0.249. The zero-order chi connectivity index (χ0) is 15.4. The molecule has 2 amide bonds. The first kappa shape index (κ1) is 15.4. The zero-order valence-electron chi connectivity index (χ0n) is 13.2. The Kier molecular flexibility index (Phi) is 4.84. The van der Waals surface area contributed by atoms with Crippen LogP contribution in [0.2, 0.25) is 0 Å². The van der Waals surface area contributed by atoms with Crippen molar-refractivity contribution in [1.82, 2.24) is 5.32 Å². The number of hydrogen-bond donors (Lipinski definition) is 2. The minimum absolute atomic E-state index is 0.150. The van der Waals surface area contributed by atoms with Crippen molar-refractivity contribution >= 4 is 22.5 Å². The van der Waals surface area contributed by atoms with Crippen LogP contribution >= 0.6 is 0 Å². The fraction of sp³-hybridized carbons (Fsp3) is 0.389. The average Bonchev–Trinajstić information content (AvgIpc) is 2.46. The molecular formula is C18H24N2O. The first-order chi connectivity index (χ1) is 9.99. The van der Waals surface area contributed by atoms with Crippen LogP contribution in [0.25, 0.3) is 10.8 Å². The van der Waals surface area contributed by atoms with Gasteiger partial charge in [0.05, 0.1) is 0 Å². The van der Waals surface area contributed by atoms with E-state index < -0.39 is 0 Å². The van der Waals surface area contributed by atoms with Gasteiger partial charge < -0.3 is 10.6 Å². The minimum atomic E-state index is -0.150. The monoisotopic (exact) mass is 284 g/mol. The maximum Gasteiger partial charge on any atom is 0.319 e. The van der Waals surface area contributed by atoms with E-state index >= 15 is 0 Å². The molecule has 2 aromatic carbocycles. The number of rotatable bonds is 4. The summed E-state index contributed by atoms with van der Waals surface area (Å²) in [5, 5.41) is 8.13. The Labute approximate surface area is 126 Å². The average molecular weight is 284 g/mol. The quantitative estimate of drug-likeness (QED) is 0.825. The molecule has 2 rings (SSSR count). The van der Waals surface area contributed by atoms with E-state index in [0.29, 0.717) is 5.92 Å². The van der Waals surface area contributed by atoms with E-state index in [4.69, 9.17) is 0 Å². The Morgan fingerprint density at radius 2 is 1.71 bits per heavy atom. The van der Waals surface area contributed by atoms with Crippen molar-refractivity contribution in [2.45, 2.75) is 46.1 Å². The molecule has 0 fully saturated rings. The molecule has 1 unspecified atom stereocenters. The van der Waals surface area contributed by atoms with Gasteiger partial charge in [0.15, 0.2) is 0 Å². The molecule has 0 aliphatic heterocycles. The molecule has 0 spiro atoms. The molecular weight excluding hydrogens is 260 g/mol. The van der Waals surface area contributed by atoms with Crippen LogP contribution in [0.3, 0.4) is 0 Å². The SMILES string of the molecule is CCC(C)NC(=O)Nc1ccc2cc(C(C)C)ccc2c1. The third-order valence-corrected chi connectivity index (χ3v) is 3.78. The Bertz CT molecular complexity index is 634. The summed E-state index contributed by atoms with van der Waals surface area (Å²) in [6.45, 7) is 8.42. The first-order valence-electron chi connectivity index (χ1n) is 7.60. The van der Waals surface area contributed by atoms with Gasteiger partial charge in [-0.3, -0.25) is 0 Å². The molecule has 3 heteroatoms. The Morgan fingerprint density at radius 1 is 1.05 bits per heavy atom. The molecule has 2 aromatic rings. The minimum Gasteiger partial charge on any atom is -0.335 e. The fourth-order valence-electron chi connectivity index (χ4n) is 2.19. The number of carbonyl (C=O) groups excluding carboxylic acids is 1. The summed E-state index contributed by atoms with van der Waals surface area (Å²) in [6.07, 6.45) is 0.920. The largest absolute Gasteiger partial charge is 0.335 e. The highest BCUT2D eigenvalue weighted by molar-refractivity contribution is 5.93. The molecule has 0 radical (unpaired) electrons. The molecule has 0 saturated carbocycles. The normalized spacial score (nSPS) is 12.4. The summed E-state index contributed by atoms with van der Waals surface area (Å²) in [4.78, 5) is 11.8. The third-order valence-electron chi connectivity index (χ3n) is 3.78. The molecule has 0 bridgehead atoms. The maximum absolute atomic E-state index is 11.8. The van der Waals surface area contributed by atoms with E-state index in [1.165, 1.54) is 10.9 Å². The summed E-state index contributed by atoms with van der Waals surface area (Å²) in [5.74, 6) is 0.522. The van der Waals surface area contributed by atoms with Crippen molar-refractivity contribution in [3.63, 3.8) is 0 Å². The summed E-state index contributed by atoms with van der Waals surface area (Å²) in [5.41, 5.74) is 2.15. The standard InChI is InChI=1S/C18H24N2O/c1-5-13(4)19-18(21)20-17-9-8-15-10-14(12(2)3)6-7-16(15)11-17/h6-13H,5H2,1-4H3,(H2,19,20,21). The van der Waals surface area contributed by atoms with Crippen LogP contribution in [0.1, 0.15) is 45.6 Å². The summed E-state index contributed by atoms with van der Waals surface area (Å²) in [7, 11) is 0. The number of anilines is 1. The van der Waals surface area contributed by atoms with Crippen LogP contribution in [0.5, 0.6) is 0 Å². The highest BCUT2D eigenvalue weighted by atomic mass is 16.2. The Hall–Kier alpha value is -2.03. The van der Waals surface area contributed by atoms with Crippen LogP contribution in [-0.2, 0) is 0 Å². The van der Waals surface area contributed by atoms with E-state index in [1.807, 2.05) is 26.0 Å². The second kappa shape index (κ2) is 6.61. The van der Waals surface area contributed by atoms with Gasteiger partial charge in [-0.1, -0.05) is 45.0 Å². The van der Waals surface area contributed by atoms with Gasteiger partial charge in [-0.05, 0) is 47.7 Å². The van der Waals surface area contributed by atoms with Crippen LogP contribution in [0.4, 0.5) is 10.5 Å². The molecule has 3 nitrogen and oxygen atoms in total. The number of urea groups is 1. The van der Waals surface area contributed by atoms with Gasteiger partial charge in [0, 0.05) is 11.7 Å². The summed E-state index contributed by atoms with van der Waals surface area (Å²) in [6, 6.07) is 12.5. The first-order valence-corrected chi connectivity index (χ1v) is 7.60. The van der Waals surface area contributed by atoms with Gasteiger partial charge in [0.25, 0.3) is 0 Å². The van der Waals surface area contributed by atoms with Crippen LogP contribution in [-0.4, -0.2) is 12.1 Å². The van der Waals surface area contributed by atoms with Crippen molar-refractivity contribution in [1.29, 1.82) is 0 Å². The molecule has 1 atom stereocenters. The molecule has 112 valence electrons. The van der Waals surface area contributed by atoms with E-state index in [0.717, 1.165) is 17.5 Å². The smallest absolute Gasteiger partial charge is 0.319 e. The molecule has 0 aliphatic rings. The lowest BCUT2D eigenvalue weighted by Gasteiger charge is -2.13. The third kappa shape index (κ3) is 3.97. The number of hydrogen-bond acceptors (Lipinski definition) is 1. The summed E-state index contributed by atoms with van der Waals surface area (Å²) >= 11 is 0. The topological polar surface area (TPSA) is 41.1 Å². The number of benzene rings is 2. The second-order valence-corrected chi connectivity index (χ2v) is 5.88. The maximum atomic E-state index is 11.8. The second-order valence-electron chi connectivity index (χ2n) is 5.88. The van der Waals surface area contributed by atoms with Gasteiger partial charge in [-0.25, -0.2) is 4.79 Å². The molecule has 0 aliphatic carbocycles. The molecule has 0 aromatic heterocycles. The molecule has 2 N–H and O–H groups in total. The predicted octanol–water partition coefficient (Wildman–Crippen LogP) is 4.88.